The van der Waals surface area contributed by atoms with Crippen LogP contribution in [0.5, 0.6) is 5.75 Å². The number of ether oxygens (including phenoxy) is 3. The molecule has 0 spiro atoms. The lowest BCUT2D eigenvalue weighted by Gasteiger charge is -2.22. The van der Waals surface area contributed by atoms with Gasteiger partial charge in [0.15, 0.2) is 5.96 Å². The van der Waals surface area contributed by atoms with Gasteiger partial charge in [0.2, 0.25) is 0 Å². The SMILES string of the molecule is CN=C(NCc1cccc(OCCCOC)c1)N1CCC(COCc2ccccc2)C1.I. The van der Waals surface area contributed by atoms with Crippen LogP contribution in [-0.2, 0) is 22.6 Å². The first-order chi connectivity index (χ1) is 15.3. The highest BCUT2D eigenvalue weighted by atomic mass is 127. The summed E-state index contributed by atoms with van der Waals surface area (Å²) in [5.74, 6) is 2.37. The smallest absolute Gasteiger partial charge is 0.193 e. The molecule has 3 rings (SSSR count). The maximum absolute atomic E-state index is 5.95. The number of hydrogen-bond acceptors (Lipinski definition) is 4. The van der Waals surface area contributed by atoms with E-state index in [4.69, 9.17) is 14.2 Å². The molecule has 0 saturated carbocycles. The minimum Gasteiger partial charge on any atom is -0.493 e. The summed E-state index contributed by atoms with van der Waals surface area (Å²) in [5, 5.41) is 3.49. The van der Waals surface area contributed by atoms with Crippen molar-refractivity contribution in [3.05, 3.63) is 65.7 Å². The minimum atomic E-state index is 0. The van der Waals surface area contributed by atoms with Gasteiger partial charge in [-0.1, -0.05) is 42.5 Å². The lowest BCUT2D eigenvalue weighted by Crippen LogP contribution is -2.39. The second-order valence-electron chi connectivity index (χ2n) is 7.84. The number of rotatable bonds is 11. The molecule has 1 aliphatic heterocycles. The van der Waals surface area contributed by atoms with Crippen molar-refractivity contribution in [1.29, 1.82) is 0 Å². The lowest BCUT2D eigenvalue weighted by molar-refractivity contribution is 0.0906. The van der Waals surface area contributed by atoms with Gasteiger partial charge in [-0.05, 0) is 29.7 Å². The van der Waals surface area contributed by atoms with Crippen LogP contribution in [0.1, 0.15) is 24.0 Å². The molecule has 1 atom stereocenters. The van der Waals surface area contributed by atoms with Crippen molar-refractivity contribution in [2.75, 3.05) is 47.1 Å². The molecule has 1 heterocycles. The Hall–Kier alpha value is -1.84. The van der Waals surface area contributed by atoms with E-state index < -0.39 is 0 Å². The second kappa shape index (κ2) is 15.1. The fraction of sp³-hybridized carbons (Fsp3) is 0.480. The zero-order valence-corrected chi connectivity index (χ0v) is 21.5. The van der Waals surface area contributed by atoms with Crippen molar-refractivity contribution in [2.24, 2.45) is 10.9 Å². The zero-order chi connectivity index (χ0) is 21.7. The van der Waals surface area contributed by atoms with Gasteiger partial charge in [-0.2, -0.15) is 0 Å². The van der Waals surface area contributed by atoms with Gasteiger partial charge in [0, 0.05) is 52.7 Å². The van der Waals surface area contributed by atoms with Crippen LogP contribution in [0.25, 0.3) is 0 Å². The third-order valence-corrected chi connectivity index (χ3v) is 5.37. The molecule has 2 aromatic rings. The largest absolute Gasteiger partial charge is 0.493 e. The quantitative estimate of drug-likeness (QED) is 0.194. The van der Waals surface area contributed by atoms with Crippen molar-refractivity contribution in [3.63, 3.8) is 0 Å². The highest BCUT2D eigenvalue weighted by Gasteiger charge is 2.24. The summed E-state index contributed by atoms with van der Waals surface area (Å²) in [6, 6.07) is 18.5. The highest BCUT2D eigenvalue weighted by molar-refractivity contribution is 14.0. The van der Waals surface area contributed by atoms with Crippen LogP contribution in [0.2, 0.25) is 0 Å². The van der Waals surface area contributed by atoms with Crippen LogP contribution in [0.3, 0.4) is 0 Å². The Kier molecular flexibility index (Phi) is 12.4. The van der Waals surface area contributed by atoms with Crippen LogP contribution < -0.4 is 10.1 Å². The maximum Gasteiger partial charge on any atom is 0.193 e. The van der Waals surface area contributed by atoms with Gasteiger partial charge in [-0.15, -0.1) is 24.0 Å². The van der Waals surface area contributed by atoms with Gasteiger partial charge >= 0.3 is 0 Å². The fourth-order valence-corrected chi connectivity index (χ4v) is 3.73. The van der Waals surface area contributed by atoms with E-state index >= 15 is 0 Å². The average molecular weight is 553 g/mol. The Morgan fingerprint density at radius 2 is 1.91 bits per heavy atom. The van der Waals surface area contributed by atoms with Gasteiger partial charge in [0.05, 0.1) is 19.8 Å². The molecule has 0 bridgehead atoms. The zero-order valence-electron chi connectivity index (χ0n) is 19.2. The predicted octanol–water partition coefficient (Wildman–Crippen LogP) is 4.33. The molecule has 1 saturated heterocycles. The molecule has 176 valence electrons. The molecular weight excluding hydrogens is 517 g/mol. The molecule has 1 N–H and O–H groups in total. The van der Waals surface area contributed by atoms with Crippen molar-refractivity contribution in [1.82, 2.24) is 10.2 Å². The first kappa shape index (κ1) is 26.4. The summed E-state index contributed by atoms with van der Waals surface area (Å²) in [5.41, 5.74) is 2.40. The number of likely N-dealkylation sites (tertiary alicyclic amines) is 1. The Morgan fingerprint density at radius 1 is 1.09 bits per heavy atom. The third-order valence-electron chi connectivity index (χ3n) is 5.37. The first-order valence-electron chi connectivity index (χ1n) is 11.1. The molecule has 1 fully saturated rings. The number of hydrogen-bond donors (Lipinski definition) is 1. The number of nitrogens with zero attached hydrogens (tertiary/aromatic N) is 2. The molecule has 0 aromatic heterocycles. The first-order valence-corrected chi connectivity index (χ1v) is 11.1. The van der Waals surface area contributed by atoms with E-state index in [2.05, 4.69) is 51.6 Å². The van der Waals surface area contributed by atoms with E-state index in [9.17, 15) is 0 Å². The van der Waals surface area contributed by atoms with Crippen LogP contribution in [-0.4, -0.2) is 57.9 Å². The molecule has 0 aliphatic carbocycles. The number of guanidine groups is 1. The number of aliphatic imine (C=N–C) groups is 1. The molecule has 32 heavy (non-hydrogen) atoms. The van der Waals surface area contributed by atoms with Gasteiger partial charge < -0.3 is 24.4 Å². The van der Waals surface area contributed by atoms with Gasteiger partial charge in [0.1, 0.15) is 5.75 Å². The Labute approximate surface area is 209 Å². The average Bonchev–Trinajstić information content (AvgIpc) is 3.27. The molecule has 1 unspecified atom stereocenters. The molecule has 2 aromatic carbocycles. The van der Waals surface area contributed by atoms with E-state index in [1.165, 1.54) is 11.1 Å². The number of halogens is 1. The Balaban J connectivity index is 0.00000363. The molecule has 6 nitrogen and oxygen atoms in total. The van der Waals surface area contributed by atoms with E-state index in [-0.39, 0.29) is 24.0 Å². The summed E-state index contributed by atoms with van der Waals surface area (Å²) in [6.07, 6.45) is 2.01. The van der Waals surface area contributed by atoms with Gasteiger partial charge in [0.25, 0.3) is 0 Å². The standard InChI is InChI=1S/C25H35N3O3.HI/c1-26-25(27-17-22-10-6-11-24(16-22)31-15-7-14-29-2)28-13-12-23(18-28)20-30-19-21-8-4-3-5-9-21;/h3-6,8-11,16,23H,7,12-15,17-20H2,1-2H3,(H,26,27);1H. The van der Waals surface area contributed by atoms with Crippen LogP contribution in [0.4, 0.5) is 0 Å². The summed E-state index contributed by atoms with van der Waals surface area (Å²) in [7, 11) is 3.55. The lowest BCUT2D eigenvalue weighted by atomic mass is 10.1. The van der Waals surface area contributed by atoms with Crippen molar-refractivity contribution >= 4 is 29.9 Å². The molecule has 0 radical (unpaired) electrons. The van der Waals surface area contributed by atoms with Crippen molar-refractivity contribution in [3.8, 4) is 5.75 Å². The van der Waals surface area contributed by atoms with Crippen LogP contribution in [0.15, 0.2) is 59.6 Å². The Bertz CT molecular complexity index is 804. The Morgan fingerprint density at radius 3 is 2.69 bits per heavy atom. The summed E-state index contributed by atoms with van der Waals surface area (Å²) in [6.45, 7) is 5.52. The van der Waals surface area contributed by atoms with Crippen molar-refractivity contribution in [2.45, 2.75) is 26.0 Å². The normalized spacial score (nSPS) is 16.0. The highest BCUT2D eigenvalue weighted by Crippen LogP contribution is 2.18. The summed E-state index contributed by atoms with van der Waals surface area (Å²) < 4.78 is 16.8. The fourth-order valence-electron chi connectivity index (χ4n) is 3.73. The maximum atomic E-state index is 5.95. The van der Waals surface area contributed by atoms with E-state index in [1.807, 2.05) is 25.2 Å². The topological polar surface area (TPSA) is 55.3 Å². The number of nitrogens with one attached hydrogen (secondary N) is 1. The molecule has 0 amide bonds. The van der Waals surface area contributed by atoms with E-state index in [1.54, 1.807) is 7.11 Å². The van der Waals surface area contributed by atoms with Crippen LogP contribution >= 0.6 is 24.0 Å². The molecule has 7 heteroatoms. The summed E-state index contributed by atoms with van der Waals surface area (Å²) in [4.78, 5) is 6.81. The minimum absolute atomic E-state index is 0. The number of methoxy groups -OCH3 is 1. The molecular formula is C25H36IN3O3. The van der Waals surface area contributed by atoms with Crippen LogP contribution in [0, 0.1) is 5.92 Å². The second-order valence-corrected chi connectivity index (χ2v) is 7.84. The molecule has 1 aliphatic rings. The number of benzene rings is 2. The third kappa shape index (κ3) is 8.96. The van der Waals surface area contributed by atoms with E-state index in [0.717, 1.165) is 44.2 Å². The predicted molar refractivity (Wildman–Crippen MR) is 140 cm³/mol. The summed E-state index contributed by atoms with van der Waals surface area (Å²) >= 11 is 0. The monoisotopic (exact) mass is 553 g/mol. The van der Waals surface area contributed by atoms with E-state index in [0.29, 0.717) is 32.3 Å². The van der Waals surface area contributed by atoms with Gasteiger partial charge in [-0.25, -0.2) is 0 Å². The van der Waals surface area contributed by atoms with Gasteiger partial charge in [-0.3, -0.25) is 4.99 Å². The van der Waals surface area contributed by atoms with Crippen molar-refractivity contribution < 1.29 is 14.2 Å².